The Balaban J connectivity index is 1.05. The van der Waals surface area contributed by atoms with Crippen LogP contribution in [0.3, 0.4) is 0 Å². The van der Waals surface area contributed by atoms with Crippen molar-refractivity contribution < 1.29 is 4.74 Å². The molecule has 0 amide bonds. The van der Waals surface area contributed by atoms with Gasteiger partial charge in [0.1, 0.15) is 11.5 Å². The van der Waals surface area contributed by atoms with E-state index in [4.69, 9.17) is 4.74 Å². The van der Waals surface area contributed by atoms with Crippen LogP contribution in [0.15, 0.2) is 267 Å². The first-order chi connectivity index (χ1) is 33.8. The van der Waals surface area contributed by atoms with Crippen molar-refractivity contribution in [3.05, 3.63) is 289 Å². The van der Waals surface area contributed by atoms with Crippen LogP contribution in [0.25, 0.3) is 44.2 Å². The van der Waals surface area contributed by atoms with E-state index in [0.717, 1.165) is 73.1 Å². The molecule has 0 spiro atoms. The van der Waals surface area contributed by atoms with E-state index < -0.39 is 5.41 Å². The molecule has 11 aromatic carbocycles. The molecule has 0 unspecified atom stereocenters. The van der Waals surface area contributed by atoms with E-state index in [1.165, 1.54) is 38.9 Å². The van der Waals surface area contributed by atoms with Gasteiger partial charge >= 0.3 is 0 Å². The van der Waals surface area contributed by atoms with Crippen molar-refractivity contribution in [1.29, 1.82) is 0 Å². The van der Waals surface area contributed by atoms with Crippen molar-refractivity contribution in [3.8, 4) is 44.9 Å². The van der Waals surface area contributed by atoms with Gasteiger partial charge in [0.25, 0.3) is 0 Å². The van der Waals surface area contributed by atoms with E-state index in [1.54, 1.807) is 0 Å². The average molecular weight is 869 g/mol. The molecule has 0 saturated heterocycles. The molecular formula is C65H44N2O. The minimum Gasteiger partial charge on any atom is -0.456 e. The normalized spacial score (nSPS) is 12.6. The summed E-state index contributed by atoms with van der Waals surface area (Å²) in [6.45, 7) is 0. The quantitative estimate of drug-likeness (QED) is 0.144. The predicted molar refractivity (Wildman–Crippen MR) is 282 cm³/mol. The SMILES string of the molecule is c1ccc(-c2ccc(N(c3ccc4c(c3)C(c3ccccc3)(c3ccccc3)c3ccccc3-4)c3cccc4c3-c3cccc5c(N(c6ccccc6)c6ccccc6)ccc(c35)O4)cc2)cc1. The summed E-state index contributed by atoms with van der Waals surface area (Å²) < 4.78 is 7.06. The highest BCUT2D eigenvalue weighted by Gasteiger charge is 2.46. The van der Waals surface area contributed by atoms with Gasteiger partial charge in [-0.3, -0.25) is 0 Å². The number of para-hydroxylation sites is 2. The molecule has 0 atom stereocenters. The highest BCUT2D eigenvalue weighted by Crippen LogP contribution is 2.59. The molecule has 11 aromatic rings. The Bertz CT molecular complexity index is 3550. The van der Waals surface area contributed by atoms with Crippen LogP contribution in [-0.2, 0) is 5.41 Å². The van der Waals surface area contributed by atoms with Gasteiger partial charge in [0, 0.05) is 39.1 Å². The first kappa shape index (κ1) is 39.4. The number of benzene rings is 11. The fraction of sp³-hybridized carbons (Fsp3) is 0.0154. The van der Waals surface area contributed by atoms with Gasteiger partial charge in [0.2, 0.25) is 0 Å². The zero-order chi connectivity index (χ0) is 45.0. The number of hydrogen-bond acceptors (Lipinski definition) is 3. The number of rotatable bonds is 9. The third-order valence-corrected chi connectivity index (χ3v) is 13.9. The molecule has 0 saturated carbocycles. The molecule has 0 N–H and O–H groups in total. The van der Waals surface area contributed by atoms with Gasteiger partial charge < -0.3 is 14.5 Å². The Hall–Kier alpha value is -8.92. The first-order valence-electron chi connectivity index (χ1n) is 23.3. The van der Waals surface area contributed by atoms with Gasteiger partial charge in [0.15, 0.2) is 0 Å². The predicted octanol–water partition coefficient (Wildman–Crippen LogP) is 17.6. The molecule has 13 rings (SSSR count). The maximum Gasteiger partial charge on any atom is 0.137 e. The number of fused-ring (bicyclic) bond motifs is 5. The lowest BCUT2D eigenvalue weighted by molar-refractivity contribution is 0.487. The summed E-state index contributed by atoms with van der Waals surface area (Å²) in [5.74, 6) is 1.66. The fourth-order valence-electron chi connectivity index (χ4n) is 11.0. The zero-order valence-electron chi connectivity index (χ0n) is 37.2. The van der Waals surface area contributed by atoms with Gasteiger partial charge in [-0.25, -0.2) is 0 Å². The van der Waals surface area contributed by atoms with Crippen LogP contribution in [0.5, 0.6) is 11.5 Å². The molecule has 320 valence electrons. The molecule has 1 heterocycles. The molecule has 3 nitrogen and oxygen atoms in total. The second kappa shape index (κ2) is 16.2. The second-order valence-electron chi connectivity index (χ2n) is 17.6. The topological polar surface area (TPSA) is 15.7 Å². The average Bonchev–Trinajstić information content (AvgIpc) is 3.71. The van der Waals surface area contributed by atoms with Crippen LogP contribution >= 0.6 is 0 Å². The molecule has 0 aromatic heterocycles. The van der Waals surface area contributed by atoms with Crippen molar-refractivity contribution in [3.63, 3.8) is 0 Å². The maximum absolute atomic E-state index is 7.06. The summed E-state index contributed by atoms with van der Waals surface area (Å²) in [6, 6.07) is 96.6. The van der Waals surface area contributed by atoms with E-state index in [-0.39, 0.29) is 0 Å². The monoisotopic (exact) mass is 868 g/mol. The highest BCUT2D eigenvalue weighted by molar-refractivity contribution is 6.13. The van der Waals surface area contributed by atoms with Crippen molar-refractivity contribution in [1.82, 2.24) is 0 Å². The van der Waals surface area contributed by atoms with Gasteiger partial charge in [0.05, 0.1) is 16.8 Å². The van der Waals surface area contributed by atoms with Crippen molar-refractivity contribution in [2.45, 2.75) is 5.41 Å². The summed E-state index contributed by atoms with van der Waals surface area (Å²) in [5, 5.41) is 2.19. The van der Waals surface area contributed by atoms with Crippen LogP contribution in [0.1, 0.15) is 22.3 Å². The van der Waals surface area contributed by atoms with Gasteiger partial charge in [-0.05, 0) is 123 Å². The summed E-state index contributed by atoms with van der Waals surface area (Å²) in [5.41, 5.74) is 17.8. The van der Waals surface area contributed by atoms with Gasteiger partial charge in [-0.15, -0.1) is 0 Å². The minimum absolute atomic E-state index is 0.559. The van der Waals surface area contributed by atoms with Gasteiger partial charge in [-0.1, -0.05) is 194 Å². The Kier molecular flexibility index (Phi) is 9.40. The van der Waals surface area contributed by atoms with E-state index in [9.17, 15) is 0 Å². The Morgan fingerprint density at radius 1 is 0.309 bits per heavy atom. The van der Waals surface area contributed by atoms with Crippen LogP contribution in [-0.4, -0.2) is 0 Å². The zero-order valence-corrected chi connectivity index (χ0v) is 37.2. The van der Waals surface area contributed by atoms with Crippen molar-refractivity contribution in [2.75, 3.05) is 9.80 Å². The van der Waals surface area contributed by atoms with Crippen molar-refractivity contribution in [2.24, 2.45) is 0 Å². The molecule has 0 fully saturated rings. The number of ether oxygens (including phenoxy) is 1. The lowest BCUT2D eigenvalue weighted by atomic mass is 9.67. The Morgan fingerprint density at radius 2 is 0.824 bits per heavy atom. The van der Waals surface area contributed by atoms with E-state index in [1.807, 2.05) is 0 Å². The molecule has 2 aliphatic rings. The van der Waals surface area contributed by atoms with Crippen LogP contribution in [0, 0.1) is 0 Å². The molecular weight excluding hydrogens is 825 g/mol. The standard InChI is InChI=1S/C65H44N2O/c1-6-20-45(21-7-1)46-36-38-51(39-37-46)67(52-40-41-54-53-30-16-17-33-57(53)65(58(54)44-52,47-22-8-2-9-23-47)48-24-10-3-11-25-48)60-34-19-35-61-64(60)56-32-18-31-55-59(42-43-62(68-61)63(55)56)66(49-26-12-4-13-27-49)50-28-14-5-15-29-50/h1-44H. The lowest BCUT2D eigenvalue weighted by Crippen LogP contribution is -2.28. The molecule has 0 radical (unpaired) electrons. The largest absolute Gasteiger partial charge is 0.456 e. The number of anilines is 6. The maximum atomic E-state index is 7.06. The number of nitrogens with zero attached hydrogens (tertiary/aromatic N) is 2. The summed E-state index contributed by atoms with van der Waals surface area (Å²) >= 11 is 0. The number of hydrogen-bond donors (Lipinski definition) is 0. The van der Waals surface area contributed by atoms with Crippen LogP contribution in [0.4, 0.5) is 34.1 Å². The first-order valence-corrected chi connectivity index (χ1v) is 23.3. The third kappa shape index (κ3) is 6.21. The summed E-state index contributed by atoms with van der Waals surface area (Å²) in [7, 11) is 0. The second-order valence-corrected chi connectivity index (χ2v) is 17.6. The highest BCUT2D eigenvalue weighted by atomic mass is 16.5. The van der Waals surface area contributed by atoms with Gasteiger partial charge in [-0.2, -0.15) is 0 Å². The smallest absolute Gasteiger partial charge is 0.137 e. The minimum atomic E-state index is -0.559. The molecule has 3 heteroatoms. The molecule has 68 heavy (non-hydrogen) atoms. The van der Waals surface area contributed by atoms with E-state index >= 15 is 0 Å². The summed E-state index contributed by atoms with van der Waals surface area (Å²) in [4.78, 5) is 4.79. The Labute approximate surface area is 397 Å². The van der Waals surface area contributed by atoms with Crippen molar-refractivity contribution >= 4 is 44.9 Å². The third-order valence-electron chi connectivity index (χ3n) is 13.9. The van der Waals surface area contributed by atoms with E-state index in [0.29, 0.717) is 0 Å². The fourth-order valence-corrected chi connectivity index (χ4v) is 11.0. The molecule has 1 aliphatic heterocycles. The molecule has 0 bridgehead atoms. The van der Waals surface area contributed by atoms with Crippen LogP contribution in [0.2, 0.25) is 0 Å². The molecule has 1 aliphatic carbocycles. The summed E-state index contributed by atoms with van der Waals surface area (Å²) in [6.07, 6.45) is 0. The Morgan fingerprint density at radius 3 is 1.50 bits per heavy atom. The van der Waals surface area contributed by atoms with Crippen LogP contribution < -0.4 is 14.5 Å². The lowest BCUT2D eigenvalue weighted by Gasteiger charge is -2.35. The van der Waals surface area contributed by atoms with E-state index in [2.05, 4.69) is 277 Å².